The monoisotopic (exact) mass is 251 g/mol. The third-order valence-electron chi connectivity index (χ3n) is 0.270. The van der Waals surface area contributed by atoms with Crippen LogP contribution < -0.4 is 10.2 Å². The number of carbonyl (C=O) groups is 2. The molecule has 0 fully saturated rings. The van der Waals surface area contributed by atoms with E-state index >= 15 is 0 Å². The van der Waals surface area contributed by atoms with Crippen molar-refractivity contribution in [3.05, 3.63) is 6.33 Å². The molecule has 8 nitrogen and oxygen atoms in total. The Kier molecular flexibility index (Phi) is 18.4. The fraction of sp³-hybridized carbons (Fsp3) is 0.400. The number of rotatable bonds is 0. The molecule has 0 amide bonds. The molecule has 0 unspecified atom stereocenters. The summed E-state index contributed by atoms with van der Waals surface area (Å²) in [6.45, 7) is 1.94. The molecule has 0 aromatic carbocycles. The normalized spacial score (nSPS) is 6.43. The summed E-state index contributed by atoms with van der Waals surface area (Å²) in [7, 11) is 0. The van der Waals surface area contributed by atoms with Gasteiger partial charge in [-0.2, -0.15) is 5.21 Å². The van der Waals surface area contributed by atoms with Crippen LogP contribution in [0.4, 0.5) is 0 Å². The molecule has 0 bridgehead atoms. The predicted molar refractivity (Wildman–Crippen MR) is 35.5 cm³/mol. The van der Waals surface area contributed by atoms with Crippen molar-refractivity contribution in [1.29, 1.82) is 0 Å². The van der Waals surface area contributed by atoms with Crippen LogP contribution in [0.3, 0.4) is 0 Å². The van der Waals surface area contributed by atoms with E-state index in [0.29, 0.717) is 0 Å². The molecule has 1 aromatic heterocycles. The number of aromatic nitrogens is 4. The first-order chi connectivity index (χ1) is 5.96. The van der Waals surface area contributed by atoms with Crippen LogP contribution in [0, 0.1) is 0 Å². The quantitative estimate of drug-likeness (QED) is 0.477. The largest absolute Gasteiger partial charge is 2.00 e. The minimum absolute atomic E-state index is 0. The summed E-state index contributed by atoms with van der Waals surface area (Å²) in [5, 5.41) is 29.9. The molecular weight excluding hydrogens is 244 g/mol. The number of hydrogen-bond donors (Lipinski definition) is 1. The zero-order chi connectivity index (χ0) is 10.7. The Hall–Kier alpha value is -1.47. The number of aromatic amines is 1. The molecule has 0 aliphatic carbocycles. The molecule has 0 saturated heterocycles. The van der Waals surface area contributed by atoms with Gasteiger partial charge in [-0.3, -0.25) is 0 Å². The van der Waals surface area contributed by atoms with Crippen LogP contribution in [0.2, 0.25) is 0 Å². The van der Waals surface area contributed by atoms with Gasteiger partial charge in [0.15, 0.2) is 6.33 Å². The molecular formula is C5H8CuN4O4. The van der Waals surface area contributed by atoms with Gasteiger partial charge >= 0.3 is 17.1 Å². The van der Waals surface area contributed by atoms with E-state index in [1.807, 2.05) is 0 Å². The summed E-state index contributed by atoms with van der Waals surface area (Å²) in [5.41, 5.74) is 0. The summed E-state index contributed by atoms with van der Waals surface area (Å²) in [5.74, 6) is -2.17. The topological polar surface area (TPSA) is 135 Å². The molecule has 1 N–H and O–H groups in total. The van der Waals surface area contributed by atoms with Gasteiger partial charge in [-0.05, 0) is 13.8 Å². The zero-order valence-corrected chi connectivity index (χ0v) is 8.30. The number of aliphatic carboxylic acids is 2. The van der Waals surface area contributed by atoms with Crippen molar-refractivity contribution < 1.29 is 36.9 Å². The van der Waals surface area contributed by atoms with E-state index in [4.69, 9.17) is 19.8 Å². The number of carbonyl (C=O) groups excluding carboxylic acids is 2. The molecule has 0 aliphatic heterocycles. The number of carboxylic acids is 2. The Balaban J connectivity index is -0.000000127. The molecule has 1 aromatic rings. The Morgan fingerprint density at radius 2 is 1.57 bits per heavy atom. The number of tetrazole rings is 1. The fourth-order valence-corrected chi connectivity index (χ4v) is 0.129. The molecule has 0 spiro atoms. The molecule has 0 aliphatic rings. The number of hydrogen-bond acceptors (Lipinski definition) is 7. The van der Waals surface area contributed by atoms with E-state index in [1.165, 1.54) is 6.33 Å². The Bertz CT molecular complexity index is 190. The number of carboxylic acid groups (broad SMARTS) is 2. The Morgan fingerprint density at radius 3 is 1.64 bits per heavy atom. The van der Waals surface area contributed by atoms with Crippen LogP contribution in [0.1, 0.15) is 13.8 Å². The predicted octanol–water partition coefficient (Wildman–Crippen LogP) is -3.29. The molecule has 14 heavy (non-hydrogen) atoms. The minimum atomic E-state index is -1.08. The standard InChI is InChI=1S/2C2H4O2.CH2N4.Cu/c2*1-2(3)4;1-2-4-5-3-1;/h2*1H3,(H,3,4);1H,(H,2,3,4,5);/q;;;+2/p-2. The maximum Gasteiger partial charge on any atom is 2.00 e. The number of nitrogens with one attached hydrogen (secondary N) is 1. The van der Waals surface area contributed by atoms with Crippen LogP contribution in [-0.2, 0) is 26.7 Å². The van der Waals surface area contributed by atoms with Gasteiger partial charge in [0, 0.05) is 11.9 Å². The first-order valence-corrected chi connectivity index (χ1v) is 2.98. The van der Waals surface area contributed by atoms with Gasteiger partial charge in [-0.25, -0.2) is 0 Å². The van der Waals surface area contributed by atoms with Gasteiger partial charge in [-0.15, -0.1) is 10.2 Å². The average molecular weight is 252 g/mol. The smallest absolute Gasteiger partial charge is 0.550 e. The second-order valence-electron chi connectivity index (χ2n) is 1.54. The fourth-order valence-electron chi connectivity index (χ4n) is 0.129. The summed E-state index contributed by atoms with van der Waals surface area (Å²) >= 11 is 0. The van der Waals surface area contributed by atoms with Crippen molar-refractivity contribution in [2.45, 2.75) is 13.8 Å². The maximum absolute atomic E-state index is 8.89. The molecule has 1 radical (unpaired) electrons. The third kappa shape index (κ3) is 76.8. The van der Waals surface area contributed by atoms with Crippen LogP contribution in [0.25, 0.3) is 0 Å². The molecule has 1 rings (SSSR count). The van der Waals surface area contributed by atoms with Crippen LogP contribution in [0.5, 0.6) is 0 Å². The second-order valence-corrected chi connectivity index (χ2v) is 1.54. The second kappa shape index (κ2) is 14.1. The van der Waals surface area contributed by atoms with Gasteiger partial charge in [0.25, 0.3) is 0 Å². The van der Waals surface area contributed by atoms with Gasteiger partial charge < -0.3 is 19.8 Å². The van der Waals surface area contributed by atoms with Crippen molar-refractivity contribution in [2.24, 2.45) is 0 Å². The first kappa shape index (κ1) is 18.3. The molecule has 0 saturated carbocycles. The maximum atomic E-state index is 8.89. The van der Waals surface area contributed by atoms with Crippen molar-refractivity contribution in [3.8, 4) is 0 Å². The van der Waals surface area contributed by atoms with E-state index in [9.17, 15) is 0 Å². The summed E-state index contributed by atoms with van der Waals surface area (Å²) in [4.78, 5) is 17.8. The minimum Gasteiger partial charge on any atom is -0.550 e. The average Bonchev–Trinajstić information content (AvgIpc) is 2.35. The van der Waals surface area contributed by atoms with Crippen LogP contribution in [0.15, 0.2) is 6.33 Å². The molecule has 9 heteroatoms. The first-order valence-electron chi connectivity index (χ1n) is 2.98. The van der Waals surface area contributed by atoms with E-state index in [-0.39, 0.29) is 17.1 Å². The van der Waals surface area contributed by atoms with Gasteiger partial charge in [0.1, 0.15) is 0 Å². The Labute approximate surface area is 90.2 Å². The van der Waals surface area contributed by atoms with Crippen molar-refractivity contribution in [1.82, 2.24) is 20.6 Å². The van der Waals surface area contributed by atoms with E-state index < -0.39 is 11.9 Å². The molecule has 0 atom stereocenters. The molecule has 83 valence electrons. The van der Waals surface area contributed by atoms with Gasteiger partial charge in [0.05, 0.1) is 0 Å². The summed E-state index contributed by atoms with van der Waals surface area (Å²) < 4.78 is 0. The van der Waals surface area contributed by atoms with E-state index in [1.54, 1.807) is 0 Å². The van der Waals surface area contributed by atoms with Crippen molar-refractivity contribution >= 4 is 11.9 Å². The van der Waals surface area contributed by atoms with Crippen LogP contribution in [-0.4, -0.2) is 32.6 Å². The third-order valence-corrected chi connectivity index (χ3v) is 0.270. The summed E-state index contributed by atoms with van der Waals surface area (Å²) in [6.07, 6.45) is 1.33. The summed E-state index contributed by atoms with van der Waals surface area (Å²) in [6, 6.07) is 0. The SMILES string of the molecule is CC(=O)[O-].CC(=O)[O-].[Cu+2].c1nn[nH]n1. The number of H-pyrrole nitrogens is 1. The van der Waals surface area contributed by atoms with Crippen molar-refractivity contribution in [2.75, 3.05) is 0 Å². The van der Waals surface area contributed by atoms with E-state index in [0.717, 1.165) is 13.8 Å². The van der Waals surface area contributed by atoms with E-state index in [2.05, 4.69) is 20.6 Å². The zero-order valence-electron chi connectivity index (χ0n) is 7.35. The van der Waals surface area contributed by atoms with Gasteiger partial charge in [-0.1, -0.05) is 5.21 Å². The Morgan fingerprint density at radius 1 is 1.21 bits per heavy atom. The number of nitrogens with zero attached hydrogens (tertiary/aromatic N) is 3. The molecule has 1 heterocycles. The van der Waals surface area contributed by atoms with Crippen molar-refractivity contribution in [3.63, 3.8) is 0 Å². The van der Waals surface area contributed by atoms with Gasteiger partial charge in [0.2, 0.25) is 0 Å². The van der Waals surface area contributed by atoms with Crippen LogP contribution >= 0.6 is 0 Å².